The molecule has 0 radical (unpaired) electrons. The van der Waals surface area contributed by atoms with Crippen LogP contribution in [0.5, 0.6) is 0 Å². The van der Waals surface area contributed by atoms with Crippen molar-refractivity contribution in [2.45, 2.75) is 58.9 Å². The normalized spacial score (nSPS) is 16.1. The molecule has 0 bridgehead atoms. The van der Waals surface area contributed by atoms with Gasteiger partial charge in [-0.2, -0.15) is 4.98 Å². The summed E-state index contributed by atoms with van der Waals surface area (Å²) < 4.78 is 1.73. The third-order valence-electron chi connectivity index (χ3n) is 4.13. The first-order valence-corrected chi connectivity index (χ1v) is 7.34. The van der Waals surface area contributed by atoms with E-state index in [2.05, 4.69) is 4.98 Å². The van der Waals surface area contributed by atoms with Crippen molar-refractivity contribution in [1.29, 1.82) is 0 Å². The number of hydrogen-bond acceptors (Lipinski definition) is 3. The average Bonchev–Trinajstić information content (AvgIpc) is 3.22. The van der Waals surface area contributed by atoms with Crippen LogP contribution in [0.3, 0.4) is 0 Å². The second-order valence-corrected chi connectivity index (χ2v) is 5.49. The molecular weight excluding hydrogens is 256 g/mol. The molecular formula is C15H22N2O3. The fourth-order valence-corrected chi connectivity index (χ4v) is 2.91. The standard InChI is InChI=1S/C15H22N2O3/c1-4-12-11(8-14(18)19)13(5-2)17(15(20)16-12)9(3)10-6-7-10/h9-10H,4-8H2,1-3H3,(H,18,19). The minimum Gasteiger partial charge on any atom is -0.481 e. The van der Waals surface area contributed by atoms with Crippen LogP contribution in [0.4, 0.5) is 0 Å². The van der Waals surface area contributed by atoms with Crippen LogP contribution in [0.2, 0.25) is 0 Å². The van der Waals surface area contributed by atoms with Crippen molar-refractivity contribution in [1.82, 2.24) is 9.55 Å². The maximum atomic E-state index is 12.3. The van der Waals surface area contributed by atoms with E-state index in [0.717, 1.165) is 24.1 Å². The number of carboxylic acids is 1. The molecule has 1 aromatic heterocycles. The summed E-state index contributed by atoms with van der Waals surface area (Å²) in [6, 6.07) is 0.114. The van der Waals surface area contributed by atoms with E-state index < -0.39 is 5.97 Å². The molecule has 5 nitrogen and oxygen atoms in total. The number of rotatable bonds is 6. The van der Waals surface area contributed by atoms with Crippen LogP contribution >= 0.6 is 0 Å². The van der Waals surface area contributed by atoms with Crippen molar-refractivity contribution in [3.8, 4) is 0 Å². The van der Waals surface area contributed by atoms with Crippen molar-refractivity contribution in [3.63, 3.8) is 0 Å². The number of aliphatic carboxylic acids is 1. The van der Waals surface area contributed by atoms with Gasteiger partial charge in [0, 0.05) is 17.3 Å². The molecule has 1 atom stereocenters. The largest absolute Gasteiger partial charge is 0.481 e. The van der Waals surface area contributed by atoms with Crippen LogP contribution in [0.15, 0.2) is 4.79 Å². The lowest BCUT2D eigenvalue weighted by Crippen LogP contribution is -2.33. The summed E-state index contributed by atoms with van der Waals surface area (Å²) in [4.78, 5) is 27.5. The van der Waals surface area contributed by atoms with Crippen molar-refractivity contribution < 1.29 is 9.90 Å². The Hall–Kier alpha value is -1.65. The fourth-order valence-electron chi connectivity index (χ4n) is 2.91. The monoisotopic (exact) mass is 278 g/mol. The van der Waals surface area contributed by atoms with Gasteiger partial charge in [0.2, 0.25) is 0 Å². The van der Waals surface area contributed by atoms with Gasteiger partial charge in [-0.25, -0.2) is 4.79 Å². The summed E-state index contributed by atoms with van der Waals surface area (Å²) >= 11 is 0. The number of carbonyl (C=O) groups is 1. The molecule has 0 aliphatic heterocycles. The molecule has 1 unspecified atom stereocenters. The van der Waals surface area contributed by atoms with E-state index in [-0.39, 0.29) is 18.2 Å². The highest BCUT2D eigenvalue weighted by molar-refractivity contribution is 5.71. The third-order valence-corrected chi connectivity index (χ3v) is 4.13. The van der Waals surface area contributed by atoms with Crippen molar-refractivity contribution in [2.75, 3.05) is 0 Å². The van der Waals surface area contributed by atoms with Gasteiger partial charge >= 0.3 is 11.7 Å². The van der Waals surface area contributed by atoms with Crippen LogP contribution in [-0.2, 0) is 24.1 Å². The first-order chi connectivity index (χ1) is 9.49. The van der Waals surface area contributed by atoms with E-state index >= 15 is 0 Å². The van der Waals surface area contributed by atoms with Gasteiger partial charge in [-0.15, -0.1) is 0 Å². The van der Waals surface area contributed by atoms with Gasteiger partial charge in [0.25, 0.3) is 0 Å². The Labute approximate surface area is 118 Å². The maximum Gasteiger partial charge on any atom is 0.348 e. The number of nitrogens with zero attached hydrogens (tertiary/aromatic N) is 2. The van der Waals surface area contributed by atoms with Crippen LogP contribution in [0.1, 0.15) is 56.6 Å². The molecule has 0 spiro atoms. The Kier molecular flexibility index (Phi) is 4.26. The lowest BCUT2D eigenvalue weighted by molar-refractivity contribution is -0.136. The zero-order valence-electron chi connectivity index (χ0n) is 12.3. The minimum absolute atomic E-state index is 0.0585. The first kappa shape index (κ1) is 14.8. The Bertz CT molecular complexity index is 573. The number of aromatic nitrogens is 2. The molecule has 1 fully saturated rings. The van der Waals surface area contributed by atoms with E-state index in [1.54, 1.807) is 4.57 Å². The SMILES string of the molecule is CCc1nc(=O)n(C(C)C2CC2)c(CC)c1CC(=O)O. The highest BCUT2D eigenvalue weighted by Crippen LogP contribution is 2.39. The van der Waals surface area contributed by atoms with E-state index in [0.29, 0.717) is 24.5 Å². The molecule has 1 heterocycles. The van der Waals surface area contributed by atoms with E-state index in [1.807, 2.05) is 20.8 Å². The lowest BCUT2D eigenvalue weighted by atomic mass is 10.0. The summed E-state index contributed by atoms with van der Waals surface area (Å²) in [5.41, 5.74) is 1.99. The molecule has 1 saturated carbocycles. The molecule has 1 aromatic rings. The lowest BCUT2D eigenvalue weighted by Gasteiger charge is -2.22. The predicted octanol–water partition coefficient (Wildman–Crippen LogP) is 1.97. The van der Waals surface area contributed by atoms with Crippen LogP contribution in [0, 0.1) is 5.92 Å². The van der Waals surface area contributed by atoms with Gasteiger partial charge in [-0.05, 0) is 38.5 Å². The van der Waals surface area contributed by atoms with E-state index in [4.69, 9.17) is 5.11 Å². The predicted molar refractivity (Wildman–Crippen MR) is 76.0 cm³/mol. The number of hydrogen-bond donors (Lipinski definition) is 1. The quantitative estimate of drug-likeness (QED) is 0.863. The molecule has 0 aromatic carbocycles. The average molecular weight is 278 g/mol. The van der Waals surface area contributed by atoms with Gasteiger partial charge in [-0.1, -0.05) is 13.8 Å². The van der Waals surface area contributed by atoms with Crippen LogP contribution in [0.25, 0.3) is 0 Å². The molecule has 5 heteroatoms. The molecule has 1 N–H and O–H groups in total. The highest BCUT2D eigenvalue weighted by Gasteiger charge is 2.32. The second kappa shape index (κ2) is 5.77. The molecule has 2 rings (SSSR count). The van der Waals surface area contributed by atoms with Crippen molar-refractivity contribution >= 4 is 5.97 Å². The molecule has 1 aliphatic rings. The fraction of sp³-hybridized carbons (Fsp3) is 0.667. The molecule has 0 saturated heterocycles. The van der Waals surface area contributed by atoms with Gasteiger partial charge in [0.1, 0.15) is 0 Å². The summed E-state index contributed by atoms with van der Waals surface area (Å²) in [7, 11) is 0. The topological polar surface area (TPSA) is 72.2 Å². The number of aryl methyl sites for hydroxylation is 1. The smallest absolute Gasteiger partial charge is 0.348 e. The van der Waals surface area contributed by atoms with E-state index in [1.165, 1.54) is 0 Å². The molecule has 110 valence electrons. The Morgan fingerprint density at radius 3 is 2.50 bits per heavy atom. The summed E-state index contributed by atoms with van der Waals surface area (Å²) in [6.07, 6.45) is 3.46. The van der Waals surface area contributed by atoms with Gasteiger partial charge < -0.3 is 5.11 Å². The van der Waals surface area contributed by atoms with Gasteiger partial charge in [0.15, 0.2) is 0 Å². The molecule has 0 amide bonds. The van der Waals surface area contributed by atoms with E-state index in [9.17, 15) is 9.59 Å². The summed E-state index contributed by atoms with van der Waals surface area (Å²) in [5.74, 6) is -0.342. The zero-order chi connectivity index (χ0) is 14.9. The number of carboxylic acid groups (broad SMARTS) is 1. The first-order valence-electron chi connectivity index (χ1n) is 7.34. The van der Waals surface area contributed by atoms with Gasteiger partial charge in [-0.3, -0.25) is 9.36 Å². The molecule has 20 heavy (non-hydrogen) atoms. The Balaban J connectivity index is 2.60. The third kappa shape index (κ3) is 2.76. The van der Waals surface area contributed by atoms with Crippen LogP contribution in [-0.4, -0.2) is 20.6 Å². The van der Waals surface area contributed by atoms with Crippen molar-refractivity contribution in [2.24, 2.45) is 5.92 Å². The van der Waals surface area contributed by atoms with Crippen molar-refractivity contribution in [3.05, 3.63) is 27.4 Å². The minimum atomic E-state index is -0.875. The van der Waals surface area contributed by atoms with Crippen LogP contribution < -0.4 is 5.69 Å². The molecule has 1 aliphatic carbocycles. The summed E-state index contributed by atoms with van der Waals surface area (Å²) in [5, 5.41) is 9.11. The summed E-state index contributed by atoms with van der Waals surface area (Å²) in [6.45, 7) is 5.91. The highest BCUT2D eigenvalue weighted by atomic mass is 16.4. The van der Waals surface area contributed by atoms with Gasteiger partial charge in [0.05, 0.1) is 12.1 Å². The Morgan fingerprint density at radius 1 is 1.40 bits per heavy atom. The second-order valence-electron chi connectivity index (χ2n) is 5.49. The zero-order valence-corrected chi connectivity index (χ0v) is 12.3. The maximum absolute atomic E-state index is 12.3. The Morgan fingerprint density at radius 2 is 2.05 bits per heavy atom.